The molecule has 0 aliphatic heterocycles. The van der Waals surface area contributed by atoms with Gasteiger partial charge in [-0.25, -0.2) is 4.98 Å². The normalized spacial score (nSPS) is 12.8. The second-order valence-electron chi connectivity index (χ2n) is 4.01. The molecule has 0 unspecified atom stereocenters. The maximum atomic E-state index is 12.3. The second kappa shape index (κ2) is 5.86. The van der Waals surface area contributed by atoms with Crippen molar-refractivity contribution in [3.8, 4) is 5.88 Å². The highest BCUT2D eigenvalue weighted by Gasteiger charge is 2.59. The van der Waals surface area contributed by atoms with Crippen molar-refractivity contribution in [2.75, 3.05) is 7.05 Å². The average Bonchev–Trinajstić information content (AvgIpc) is 2.26. The predicted octanol–water partition coefficient (Wildman–Crippen LogP) is 2.98. The Labute approximate surface area is 110 Å². The Morgan fingerprint density at radius 2 is 1.70 bits per heavy atom. The Morgan fingerprint density at radius 3 is 2.10 bits per heavy atom. The van der Waals surface area contributed by atoms with Crippen molar-refractivity contribution in [3.63, 3.8) is 0 Å². The number of rotatable bonds is 4. The Hall–Kier alpha value is -1.51. The molecule has 1 aromatic heterocycles. The smallest absolute Gasteiger partial charge is 0.434 e. The zero-order valence-corrected chi connectivity index (χ0v) is 10.6. The summed E-state index contributed by atoms with van der Waals surface area (Å²) in [6.07, 6.45) is -15.0. The number of hydrogen-bond donors (Lipinski definition) is 1. The first-order chi connectivity index (χ1) is 9.05. The van der Waals surface area contributed by atoms with Crippen LogP contribution < -0.4 is 10.1 Å². The van der Waals surface area contributed by atoms with Gasteiger partial charge in [-0.15, -0.1) is 0 Å². The van der Waals surface area contributed by atoms with E-state index in [1.165, 1.54) is 13.0 Å². The summed E-state index contributed by atoms with van der Waals surface area (Å²) in [6.45, 7) is 1.86. The van der Waals surface area contributed by atoms with E-state index in [1.54, 1.807) is 7.05 Å². The first kappa shape index (κ1) is 16.5. The molecule has 1 N–H and O–H groups in total. The molecule has 0 fully saturated rings. The molecule has 0 radical (unpaired) electrons. The highest BCUT2D eigenvalue weighted by Crippen LogP contribution is 2.36. The molecule has 0 saturated heterocycles. The molecule has 20 heavy (non-hydrogen) atoms. The highest BCUT2D eigenvalue weighted by molar-refractivity contribution is 5.25. The zero-order chi connectivity index (χ0) is 15.6. The van der Waals surface area contributed by atoms with Gasteiger partial charge in [0.25, 0.3) is 6.10 Å². The maximum absolute atomic E-state index is 12.3. The third kappa shape index (κ3) is 4.26. The molecule has 0 aliphatic carbocycles. The SMILES string of the molecule is CNCc1ccc(OC(C(F)(F)F)C(F)(F)F)nc1C. The summed E-state index contributed by atoms with van der Waals surface area (Å²) in [4.78, 5) is 3.60. The fourth-order valence-corrected chi connectivity index (χ4v) is 1.45. The standard InChI is InChI=1S/C11H12F6N2O/c1-6-7(5-18-2)3-4-8(19-6)20-9(10(12,13)14)11(15,16)17/h3-4,9,18H,5H2,1-2H3. The topological polar surface area (TPSA) is 34.1 Å². The van der Waals surface area contributed by atoms with Crippen molar-refractivity contribution in [2.45, 2.75) is 31.9 Å². The highest BCUT2D eigenvalue weighted by atomic mass is 19.4. The van der Waals surface area contributed by atoms with Crippen LogP contribution in [0.1, 0.15) is 11.3 Å². The molecular weight excluding hydrogens is 290 g/mol. The molecule has 0 bridgehead atoms. The number of hydrogen-bond acceptors (Lipinski definition) is 3. The van der Waals surface area contributed by atoms with Crippen LogP contribution in [0.5, 0.6) is 5.88 Å². The summed E-state index contributed by atoms with van der Waals surface area (Å²) in [5.41, 5.74) is 0.940. The Kier molecular flexibility index (Phi) is 4.85. The van der Waals surface area contributed by atoms with Crippen LogP contribution in [0.2, 0.25) is 0 Å². The fraction of sp³-hybridized carbons (Fsp3) is 0.545. The molecule has 114 valence electrons. The lowest BCUT2D eigenvalue weighted by Crippen LogP contribution is -2.46. The minimum absolute atomic E-state index is 0.292. The summed E-state index contributed by atoms with van der Waals surface area (Å²) >= 11 is 0. The van der Waals surface area contributed by atoms with E-state index in [2.05, 4.69) is 15.0 Å². The van der Waals surface area contributed by atoms with Crippen molar-refractivity contribution >= 4 is 0 Å². The van der Waals surface area contributed by atoms with Crippen LogP contribution in [0.25, 0.3) is 0 Å². The van der Waals surface area contributed by atoms with Gasteiger partial charge < -0.3 is 10.1 Å². The summed E-state index contributed by atoms with van der Waals surface area (Å²) in [6, 6.07) is 2.34. The molecule has 1 heterocycles. The number of nitrogens with one attached hydrogen (secondary N) is 1. The fourth-order valence-electron chi connectivity index (χ4n) is 1.45. The molecule has 3 nitrogen and oxygen atoms in total. The molecule has 0 aromatic carbocycles. The third-order valence-electron chi connectivity index (χ3n) is 2.37. The van der Waals surface area contributed by atoms with Gasteiger partial charge in [-0.2, -0.15) is 26.3 Å². The minimum atomic E-state index is -5.56. The molecule has 9 heteroatoms. The van der Waals surface area contributed by atoms with Gasteiger partial charge in [0.15, 0.2) is 0 Å². The van der Waals surface area contributed by atoms with Gasteiger partial charge in [-0.05, 0) is 19.5 Å². The molecule has 0 saturated carbocycles. The van der Waals surface area contributed by atoms with Crippen LogP contribution in [0, 0.1) is 6.92 Å². The number of aromatic nitrogens is 1. The van der Waals surface area contributed by atoms with Gasteiger partial charge in [-0.1, -0.05) is 6.07 Å². The van der Waals surface area contributed by atoms with Gasteiger partial charge >= 0.3 is 12.4 Å². The van der Waals surface area contributed by atoms with Crippen molar-refractivity contribution in [1.82, 2.24) is 10.3 Å². The molecule has 0 spiro atoms. The van der Waals surface area contributed by atoms with Gasteiger partial charge in [0.1, 0.15) is 0 Å². The molecule has 0 atom stereocenters. The summed E-state index contributed by atoms with van der Waals surface area (Å²) in [7, 11) is 1.65. The van der Waals surface area contributed by atoms with Crippen molar-refractivity contribution < 1.29 is 31.1 Å². The first-order valence-corrected chi connectivity index (χ1v) is 5.47. The van der Waals surface area contributed by atoms with E-state index in [-0.39, 0.29) is 0 Å². The van der Waals surface area contributed by atoms with Crippen LogP contribution in [0.3, 0.4) is 0 Å². The van der Waals surface area contributed by atoms with E-state index in [0.29, 0.717) is 17.8 Å². The summed E-state index contributed by atoms with van der Waals surface area (Å²) < 4.78 is 77.9. The average molecular weight is 302 g/mol. The van der Waals surface area contributed by atoms with Crippen LogP contribution in [0.4, 0.5) is 26.3 Å². The Bertz CT molecular complexity index is 443. The molecule has 0 aliphatic rings. The van der Waals surface area contributed by atoms with Crippen molar-refractivity contribution in [3.05, 3.63) is 23.4 Å². The number of halogens is 6. The van der Waals surface area contributed by atoms with E-state index in [9.17, 15) is 26.3 Å². The van der Waals surface area contributed by atoms with Crippen LogP contribution in [-0.2, 0) is 6.54 Å². The van der Waals surface area contributed by atoms with Crippen LogP contribution in [0.15, 0.2) is 12.1 Å². The lowest BCUT2D eigenvalue weighted by atomic mass is 10.2. The second-order valence-corrected chi connectivity index (χ2v) is 4.01. The molecular formula is C11H12F6N2O. The first-order valence-electron chi connectivity index (χ1n) is 5.47. The van der Waals surface area contributed by atoms with Crippen molar-refractivity contribution in [1.29, 1.82) is 0 Å². The Balaban J connectivity index is 2.98. The number of nitrogens with zero attached hydrogens (tertiary/aromatic N) is 1. The van der Waals surface area contributed by atoms with E-state index in [4.69, 9.17) is 0 Å². The molecule has 1 rings (SSSR count). The van der Waals surface area contributed by atoms with Crippen molar-refractivity contribution in [2.24, 2.45) is 0 Å². The van der Waals surface area contributed by atoms with E-state index in [1.807, 2.05) is 0 Å². The Morgan fingerprint density at radius 1 is 1.15 bits per heavy atom. The van der Waals surface area contributed by atoms with E-state index in [0.717, 1.165) is 6.07 Å². The monoisotopic (exact) mass is 302 g/mol. The molecule has 1 aromatic rings. The number of pyridine rings is 1. The number of aryl methyl sites for hydroxylation is 1. The summed E-state index contributed by atoms with van der Waals surface area (Å²) in [5, 5.41) is 2.79. The van der Waals surface area contributed by atoms with Gasteiger partial charge in [-0.3, -0.25) is 0 Å². The van der Waals surface area contributed by atoms with Gasteiger partial charge in [0.05, 0.1) is 0 Å². The van der Waals surface area contributed by atoms with Gasteiger partial charge in [0, 0.05) is 18.3 Å². The number of ether oxygens (including phenoxy) is 1. The van der Waals surface area contributed by atoms with E-state index < -0.39 is 24.3 Å². The van der Waals surface area contributed by atoms with Crippen LogP contribution in [-0.4, -0.2) is 30.5 Å². The molecule has 0 amide bonds. The lowest BCUT2D eigenvalue weighted by Gasteiger charge is -2.23. The largest absolute Gasteiger partial charge is 0.455 e. The van der Waals surface area contributed by atoms with Gasteiger partial charge in [0.2, 0.25) is 5.88 Å². The third-order valence-corrected chi connectivity index (χ3v) is 2.37. The maximum Gasteiger partial charge on any atom is 0.434 e. The number of alkyl halides is 6. The van der Waals surface area contributed by atoms with Crippen LogP contribution >= 0.6 is 0 Å². The van der Waals surface area contributed by atoms with E-state index >= 15 is 0 Å². The predicted molar refractivity (Wildman–Crippen MR) is 58.3 cm³/mol. The summed E-state index contributed by atoms with van der Waals surface area (Å²) in [5.74, 6) is -0.720. The zero-order valence-electron chi connectivity index (χ0n) is 10.6. The quantitative estimate of drug-likeness (QED) is 0.868. The lowest BCUT2D eigenvalue weighted by molar-refractivity contribution is -0.300. The minimum Gasteiger partial charge on any atom is -0.455 e.